The summed E-state index contributed by atoms with van der Waals surface area (Å²) in [4.78, 5) is 29.3. The molecule has 10 heteroatoms. The number of thioether (sulfide) groups is 1. The number of carbonyl (C=O) groups excluding carboxylic acids is 2. The molecule has 1 aliphatic heterocycles. The molecule has 0 aliphatic carbocycles. The Labute approximate surface area is 176 Å². The van der Waals surface area contributed by atoms with Crippen molar-refractivity contribution in [1.82, 2.24) is 15.4 Å². The minimum Gasteiger partial charge on any atom is -0.493 e. The summed E-state index contributed by atoms with van der Waals surface area (Å²) in [6.45, 7) is 0. The Hall–Kier alpha value is -3.11. The Morgan fingerprint density at radius 2 is 1.76 bits per heavy atom. The first kappa shape index (κ1) is 20.6. The summed E-state index contributed by atoms with van der Waals surface area (Å²) < 4.78 is 16.2. The Balaban J connectivity index is 1.85. The van der Waals surface area contributed by atoms with Crippen molar-refractivity contribution in [2.24, 2.45) is 0 Å². The monoisotopic (exact) mass is 431 g/mol. The number of aromatic nitrogens is 1. The molecule has 2 amide bonds. The van der Waals surface area contributed by atoms with E-state index in [1.165, 1.54) is 33.7 Å². The van der Waals surface area contributed by atoms with Gasteiger partial charge in [0.1, 0.15) is 0 Å². The second-order valence-electron chi connectivity index (χ2n) is 5.65. The zero-order chi connectivity index (χ0) is 21.0. The fraction of sp³-hybridized carbons (Fsp3) is 0.158. The third kappa shape index (κ3) is 4.33. The van der Waals surface area contributed by atoms with Crippen molar-refractivity contribution in [2.75, 3.05) is 21.3 Å². The molecule has 0 unspecified atom stereocenters. The fourth-order valence-electron chi connectivity index (χ4n) is 2.57. The van der Waals surface area contributed by atoms with Crippen LogP contribution in [0.3, 0.4) is 0 Å². The minimum absolute atomic E-state index is 0.219. The highest BCUT2D eigenvalue weighted by atomic mass is 32.2. The summed E-state index contributed by atoms with van der Waals surface area (Å²) in [6, 6.07) is 6.50. The highest BCUT2D eigenvalue weighted by Crippen LogP contribution is 2.40. The second-order valence-corrected chi connectivity index (χ2v) is 7.33. The van der Waals surface area contributed by atoms with Gasteiger partial charge in [-0.3, -0.25) is 20.0 Å². The zero-order valence-electron chi connectivity index (χ0n) is 15.8. The number of benzene rings is 1. The number of hydrazine groups is 1. The van der Waals surface area contributed by atoms with E-state index < -0.39 is 11.8 Å². The molecule has 1 aromatic carbocycles. The normalized spacial score (nSPS) is 14.9. The lowest BCUT2D eigenvalue weighted by atomic mass is 10.1. The average molecular weight is 431 g/mol. The van der Waals surface area contributed by atoms with E-state index in [-0.39, 0.29) is 4.32 Å². The molecule has 0 spiro atoms. The molecule has 29 heavy (non-hydrogen) atoms. The van der Waals surface area contributed by atoms with E-state index in [0.717, 1.165) is 16.8 Å². The molecule has 0 radical (unpaired) electrons. The number of hydrogen-bond donors (Lipinski definition) is 1. The first-order chi connectivity index (χ1) is 14.0. The van der Waals surface area contributed by atoms with E-state index in [2.05, 4.69) is 10.4 Å². The quantitative estimate of drug-likeness (QED) is 0.552. The molecule has 2 heterocycles. The van der Waals surface area contributed by atoms with E-state index >= 15 is 0 Å². The van der Waals surface area contributed by atoms with E-state index in [0.29, 0.717) is 33.3 Å². The Bertz CT molecular complexity index is 970. The molecule has 3 rings (SSSR count). The molecule has 0 bridgehead atoms. The Kier molecular flexibility index (Phi) is 6.35. The summed E-state index contributed by atoms with van der Waals surface area (Å²) in [5, 5.41) is 1.05. The topological polar surface area (TPSA) is 90.0 Å². The molecule has 0 atom stereocenters. The molecule has 8 nitrogen and oxygen atoms in total. The standard InChI is InChI=1S/C19H17N3O5S2/c1-25-13-8-11(9-14(26-2)16(13)27-3)10-15-18(24)22(19(28)29-15)21-17(23)12-4-6-20-7-5-12/h4-10H,1-3H3,(H,21,23)/b15-10+. The van der Waals surface area contributed by atoms with E-state index in [4.69, 9.17) is 26.4 Å². The van der Waals surface area contributed by atoms with Crippen molar-refractivity contribution in [3.8, 4) is 17.2 Å². The number of hydrogen-bond acceptors (Lipinski definition) is 8. The van der Waals surface area contributed by atoms with Gasteiger partial charge in [-0.1, -0.05) is 11.8 Å². The molecular weight excluding hydrogens is 414 g/mol. The van der Waals surface area contributed by atoms with E-state index in [9.17, 15) is 9.59 Å². The maximum absolute atomic E-state index is 12.8. The van der Waals surface area contributed by atoms with E-state index in [1.54, 1.807) is 30.3 Å². The van der Waals surface area contributed by atoms with Crippen molar-refractivity contribution in [2.45, 2.75) is 0 Å². The largest absolute Gasteiger partial charge is 0.493 e. The molecule has 1 saturated heterocycles. The number of thiocarbonyl (C=S) groups is 1. The van der Waals surface area contributed by atoms with Crippen molar-refractivity contribution in [1.29, 1.82) is 0 Å². The maximum Gasteiger partial charge on any atom is 0.285 e. The molecule has 150 valence electrons. The Morgan fingerprint density at radius 1 is 1.14 bits per heavy atom. The van der Waals surface area contributed by atoms with Crippen molar-refractivity contribution in [3.63, 3.8) is 0 Å². The van der Waals surface area contributed by atoms with Crippen LogP contribution in [0.1, 0.15) is 15.9 Å². The smallest absolute Gasteiger partial charge is 0.285 e. The van der Waals surface area contributed by atoms with Gasteiger partial charge >= 0.3 is 0 Å². The SMILES string of the molecule is COc1cc(/C=C2/SC(=S)N(NC(=O)c3ccncc3)C2=O)cc(OC)c1OC. The van der Waals surface area contributed by atoms with E-state index in [1.807, 2.05) is 0 Å². The zero-order valence-corrected chi connectivity index (χ0v) is 17.4. The lowest BCUT2D eigenvalue weighted by molar-refractivity contribution is -0.123. The molecule has 0 saturated carbocycles. The lowest BCUT2D eigenvalue weighted by Gasteiger charge is -2.15. The van der Waals surface area contributed by atoms with Crippen LogP contribution in [0.2, 0.25) is 0 Å². The third-order valence-corrected chi connectivity index (χ3v) is 5.24. The molecule has 1 aliphatic rings. The van der Waals surface area contributed by atoms with Gasteiger partial charge < -0.3 is 14.2 Å². The summed E-state index contributed by atoms with van der Waals surface area (Å²) in [6.07, 6.45) is 4.62. The van der Waals surface area contributed by atoms with Crippen LogP contribution in [0.25, 0.3) is 6.08 Å². The van der Waals surface area contributed by atoms with Gasteiger partial charge in [-0.05, 0) is 48.1 Å². The summed E-state index contributed by atoms with van der Waals surface area (Å²) in [7, 11) is 4.53. The predicted molar refractivity (Wildman–Crippen MR) is 113 cm³/mol. The van der Waals surface area contributed by atoms with Gasteiger partial charge in [-0.2, -0.15) is 5.01 Å². The van der Waals surface area contributed by atoms with Crippen LogP contribution in [0.4, 0.5) is 0 Å². The van der Waals surface area contributed by atoms with Crippen LogP contribution in [0, 0.1) is 0 Å². The number of amides is 2. The molecule has 1 N–H and O–H groups in total. The van der Waals surface area contributed by atoms with Crippen LogP contribution in [0.15, 0.2) is 41.6 Å². The van der Waals surface area contributed by atoms with Gasteiger partial charge in [-0.25, -0.2) is 0 Å². The first-order valence-electron chi connectivity index (χ1n) is 8.27. The van der Waals surface area contributed by atoms with Gasteiger partial charge in [-0.15, -0.1) is 0 Å². The third-order valence-electron chi connectivity index (χ3n) is 3.93. The summed E-state index contributed by atoms with van der Waals surface area (Å²) in [5.74, 6) is 0.470. The first-order valence-corrected chi connectivity index (χ1v) is 9.50. The fourth-order valence-corrected chi connectivity index (χ4v) is 3.75. The van der Waals surface area contributed by atoms with Crippen molar-refractivity contribution < 1.29 is 23.8 Å². The van der Waals surface area contributed by atoms with Crippen LogP contribution < -0.4 is 19.6 Å². The van der Waals surface area contributed by atoms with Crippen LogP contribution in [-0.2, 0) is 4.79 Å². The number of nitrogens with zero attached hydrogens (tertiary/aromatic N) is 2. The number of carbonyl (C=O) groups is 2. The van der Waals surface area contributed by atoms with Gasteiger partial charge in [0, 0.05) is 18.0 Å². The van der Waals surface area contributed by atoms with Crippen molar-refractivity contribution in [3.05, 3.63) is 52.7 Å². The number of nitrogens with one attached hydrogen (secondary N) is 1. The van der Waals surface area contributed by atoms with Crippen LogP contribution >= 0.6 is 24.0 Å². The second kappa shape index (κ2) is 8.93. The number of ether oxygens (including phenoxy) is 3. The molecule has 2 aromatic rings. The van der Waals surface area contributed by atoms with Crippen LogP contribution in [0.5, 0.6) is 17.2 Å². The maximum atomic E-state index is 12.8. The average Bonchev–Trinajstić information content (AvgIpc) is 3.00. The molecule has 1 aromatic heterocycles. The Morgan fingerprint density at radius 3 is 2.31 bits per heavy atom. The molecule has 1 fully saturated rings. The van der Waals surface area contributed by atoms with Crippen LogP contribution in [-0.4, -0.2) is 47.5 Å². The van der Waals surface area contributed by atoms with Gasteiger partial charge in [0.05, 0.1) is 26.2 Å². The van der Waals surface area contributed by atoms with Gasteiger partial charge in [0.25, 0.3) is 11.8 Å². The number of pyridine rings is 1. The van der Waals surface area contributed by atoms with Crippen molar-refractivity contribution >= 4 is 46.2 Å². The lowest BCUT2D eigenvalue weighted by Crippen LogP contribution is -2.44. The highest BCUT2D eigenvalue weighted by Gasteiger charge is 2.34. The predicted octanol–water partition coefficient (Wildman–Crippen LogP) is 2.65. The molecular formula is C19H17N3O5S2. The number of methoxy groups -OCH3 is 3. The minimum atomic E-state index is -0.460. The summed E-state index contributed by atoms with van der Waals surface area (Å²) >= 11 is 6.33. The highest BCUT2D eigenvalue weighted by molar-refractivity contribution is 8.26. The van der Waals surface area contributed by atoms with Gasteiger partial charge in [0.15, 0.2) is 15.8 Å². The van der Waals surface area contributed by atoms with Gasteiger partial charge in [0.2, 0.25) is 5.75 Å². The summed E-state index contributed by atoms with van der Waals surface area (Å²) in [5.41, 5.74) is 3.54. The number of rotatable bonds is 6.